The Kier molecular flexibility index (Phi) is 7.39. The lowest BCUT2D eigenvalue weighted by molar-refractivity contribution is -0.143. The summed E-state index contributed by atoms with van der Waals surface area (Å²) in [5.41, 5.74) is 0.0941. The van der Waals surface area contributed by atoms with Crippen LogP contribution in [0.4, 0.5) is 0 Å². The van der Waals surface area contributed by atoms with E-state index in [4.69, 9.17) is 27.9 Å². The van der Waals surface area contributed by atoms with Gasteiger partial charge in [-0.2, -0.15) is 0 Å². The number of ether oxygens (including phenoxy) is 3. The predicted octanol–water partition coefficient (Wildman–Crippen LogP) is 3.76. The molecule has 0 aliphatic heterocycles. The van der Waals surface area contributed by atoms with Crippen molar-refractivity contribution >= 4 is 41.2 Å². The second kappa shape index (κ2) is 8.79. The summed E-state index contributed by atoms with van der Waals surface area (Å²) in [7, 11) is 2.33. The van der Waals surface area contributed by atoms with Crippen LogP contribution in [0, 0.1) is 5.92 Å². The molecule has 0 radical (unpaired) electrons. The Morgan fingerprint density at radius 1 is 1.13 bits per heavy atom. The average Bonchev–Trinajstić information content (AvgIpc) is 2.49. The van der Waals surface area contributed by atoms with E-state index in [1.165, 1.54) is 32.4 Å². The first kappa shape index (κ1) is 19.3. The van der Waals surface area contributed by atoms with Gasteiger partial charge in [0, 0.05) is 10.6 Å². The van der Waals surface area contributed by atoms with Crippen LogP contribution in [-0.2, 0) is 19.1 Å². The van der Waals surface area contributed by atoms with E-state index in [0.29, 0.717) is 22.9 Å². The standard InChI is InChI=1S/C16H18Cl2O5/c1-9(2)8-23-14-10(5-11(17)7-13(14)18)6-12(15(19)21-3)16(20)22-4/h5-7,9H,8H2,1-4H3. The van der Waals surface area contributed by atoms with E-state index >= 15 is 0 Å². The van der Waals surface area contributed by atoms with E-state index in [0.717, 1.165) is 0 Å². The topological polar surface area (TPSA) is 61.8 Å². The first-order chi connectivity index (χ1) is 10.8. The minimum Gasteiger partial charge on any atom is -0.491 e. The van der Waals surface area contributed by atoms with Gasteiger partial charge in [-0.3, -0.25) is 0 Å². The van der Waals surface area contributed by atoms with Gasteiger partial charge in [0.25, 0.3) is 0 Å². The summed E-state index contributed by atoms with van der Waals surface area (Å²) < 4.78 is 14.9. The SMILES string of the molecule is COC(=O)C(=Cc1cc(Cl)cc(Cl)c1OCC(C)C)C(=O)OC. The molecule has 1 rings (SSSR count). The van der Waals surface area contributed by atoms with Gasteiger partial charge < -0.3 is 14.2 Å². The molecule has 0 bridgehead atoms. The van der Waals surface area contributed by atoms with Crippen molar-refractivity contribution in [2.45, 2.75) is 13.8 Å². The smallest absolute Gasteiger partial charge is 0.345 e. The molecule has 0 heterocycles. The highest BCUT2D eigenvalue weighted by molar-refractivity contribution is 6.36. The van der Waals surface area contributed by atoms with Crippen LogP contribution >= 0.6 is 23.2 Å². The van der Waals surface area contributed by atoms with Gasteiger partial charge in [-0.15, -0.1) is 0 Å². The third-order valence-electron chi connectivity index (χ3n) is 2.71. The molecule has 0 aromatic heterocycles. The Bertz CT molecular complexity index is 605. The van der Waals surface area contributed by atoms with Crippen molar-refractivity contribution in [3.8, 4) is 5.75 Å². The van der Waals surface area contributed by atoms with Gasteiger partial charge in [-0.05, 0) is 24.1 Å². The highest BCUT2D eigenvalue weighted by Gasteiger charge is 2.21. The normalized spacial score (nSPS) is 10.2. The van der Waals surface area contributed by atoms with E-state index in [-0.39, 0.29) is 16.5 Å². The Morgan fingerprint density at radius 3 is 2.17 bits per heavy atom. The summed E-state index contributed by atoms with van der Waals surface area (Å²) in [5, 5.41) is 0.616. The number of methoxy groups -OCH3 is 2. The Morgan fingerprint density at radius 2 is 1.70 bits per heavy atom. The van der Waals surface area contributed by atoms with E-state index in [9.17, 15) is 9.59 Å². The van der Waals surface area contributed by atoms with Gasteiger partial charge in [-0.1, -0.05) is 37.0 Å². The molecule has 0 amide bonds. The largest absolute Gasteiger partial charge is 0.491 e. The molecule has 0 aliphatic rings. The molecule has 1 aromatic carbocycles. The zero-order valence-corrected chi connectivity index (χ0v) is 14.8. The molecule has 1 aromatic rings. The zero-order valence-electron chi connectivity index (χ0n) is 13.3. The molecule has 5 nitrogen and oxygen atoms in total. The number of benzene rings is 1. The van der Waals surface area contributed by atoms with Crippen LogP contribution in [-0.4, -0.2) is 32.8 Å². The molecule has 0 N–H and O–H groups in total. The third kappa shape index (κ3) is 5.44. The molecule has 0 saturated carbocycles. The maximum Gasteiger partial charge on any atom is 0.345 e. The van der Waals surface area contributed by atoms with Crippen molar-refractivity contribution in [1.82, 2.24) is 0 Å². The molecule has 126 valence electrons. The first-order valence-corrected chi connectivity index (χ1v) is 7.55. The zero-order chi connectivity index (χ0) is 17.6. The number of hydrogen-bond acceptors (Lipinski definition) is 5. The number of esters is 2. The number of halogens is 2. The van der Waals surface area contributed by atoms with Crippen molar-refractivity contribution in [3.05, 3.63) is 33.3 Å². The van der Waals surface area contributed by atoms with Crippen molar-refractivity contribution in [2.24, 2.45) is 5.92 Å². The lowest BCUT2D eigenvalue weighted by Gasteiger charge is -2.14. The molecule has 0 aliphatic carbocycles. The molecule has 0 saturated heterocycles. The van der Waals surface area contributed by atoms with Crippen molar-refractivity contribution in [2.75, 3.05) is 20.8 Å². The van der Waals surface area contributed by atoms with Crippen LogP contribution < -0.4 is 4.74 Å². The summed E-state index contributed by atoms with van der Waals surface area (Å²) in [4.78, 5) is 23.5. The third-order valence-corrected chi connectivity index (χ3v) is 3.21. The predicted molar refractivity (Wildman–Crippen MR) is 88.8 cm³/mol. The second-order valence-corrected chi connectivity index (χ2v) is 5.90. The number of carbonyl (C=O) groups excluding carboxylic acids is 2. The van der Waals surface area contributed by atoms with Gasteiger partial charge in [0.15, 0.2) is 0 Å². The fourth-order valence-corrected chi connectivity index (χ4v) is 2.23. The van der Waals surface area contributed by atoms with E-state index < -0.39 is 11.9 Å². The minimum atomic E-state index is -0.831. The molecular formula is C16H18Cl2O5. The summed E-state index contributed by atoms with van der Waals surface area (Å²) in [6.45, 7) is 4.37. The van der Waals surface area contributed by atoms with E-state index in [2.05, 4.69) is 9.47 Å². The molecule has 0 unspecified atom stereocenters. The Balaban J connectivity index is 3.39. The van der Waals surface area contributed by atoms with Gasteiger partial charge in [0.2, 0.25) is 0 Å². The fraction of sp³-hybridized carbons (Fsp3) is 0.375. The summed E-state index contributed by atoms with van der Waals surface area (Å²) in [6.07, 6.45) is 1.28. The number of rotatable bonds is 6. The molecular weight excluding hydrogens is 343 g/mol. The summed E-state index contributed by atoms with van der Waals surface area (Å²) in [6, 6.07) is 3.06. The van der Waals surface area contributed by atoms with Gasteiger partial charge >= 0.3 is 11.9 Å². The molecule has 0 fully saturated rings. The fourth-order valence-electron chi connectivity index (χ4n) is 1.67. The van der Waals surface area contributed by atoms with Crippen LogP contribution in [0.2, 0.25) is 10.0 Å². The van der Waals surface area contributed by atoms with E-state index in [1.54, 1.807) is 0 Å². The average molecular weight is 361 g/mol. The summed E-state index contributed by atoms with van der Waals surface area (Å²) >= 11 is 12.2. The number of hydrogen-bond donors (Lipinski definition) is 0. The highest BCUT2D eigenvalue weighted by Crippen LogP contribution is 2.34. The van der Waals surface area contributed by atoms with Crippen LogP contribution in [0.5, 0.6) is 5.75 Å². The Hall–Kier alpha value is -1.72. The lowest BCUT2D eigenvalue weighted by Crippen LogP contribution is -2.15. The molecule has 0 atom stereocenters. The van der Waals surface area contributed by atoms with Crippen LogP contribution in [0.25, 0.3) is 6.08 Å². The highest BCUT2D eigenvalue weighted by atomic mass is 35.5. The lowest BCUT2D eigenvalue weighted by atomic mass is 10.1. The summed E-state index contributed by atoms with van der Waals surface area (Å²) in [5.74, 6) is -1.07. The van der Waals surface area contributed by atoms with Crippen LogP contribution in [0.1, 0.15) is 19.4 Å². The second-order valence-electron chi connectivity index (χ2n) is 5.05. The Labute approximate surface area is 145 Å². The molecule has 23 heavy (non-hydrogen) atoms. The van der Waals surface area contributed by atoms with Gasteiger partial charge in [-0.25, -0.2) is 9.59 Å². The molecule has 0 spiro atoms. The maximum absolute atomic E-state index is 11.8. The number of carbonyl (C=O) groups is 2. The first-order valence-electron chi connectivity index (χ1n) is 6.80. The van der Waals surface area contributed by atoms with Crippen molar-refractivity contribution in [1.29, 1.82) is 0 Å². The van der Waals surface area contributed by atoms with Crippen molar-refractivity contribution < 1.29 is 23.8 Å². The van der Waals surface area contributed by atoms with Crippen LogP contribution in [0.15, 0.2) is 17.7 Å². The van der Waals surface area contributed by atoms with E-state index in [1.807, 2.05) is 13.8 Å². The van der Waals surface area contributed by atoms with Gasteiger partial charge in [0.05, 0.1) is 25.8 Å². The monoisotopic (exact) mass is 360 g/mol. The minimum absolute atomic E-state index is 0.263. The maximum atomic E-state index is 11.8. The quantitative estimate of drug-likeness (QED) is 0.334. The van der Waals surface area contributed by atoms with Crippen LogP contribution in [0.3, 0.4) is 0 Å². The molecule has 7 heteroatoms. The van der Waals surface area contributed by atoms with Gasteiger partial charge in [0.1, 0.15) is 11.3 Å². The van der Waals surface area contributed by atoms with Crippen molar-refractivity contribution in [3.63, 3.8) is 0 Å².